The van der Waals surface area contributed by atoms with Crippen molar-refractivity contribution in [2.24, 2.45) is 5.41 Å². The van der Waals surface area contributed by atoms with Crippen molar-refractivity contribution in [2.75, 3.05) is 50.8 Å². The zero-order valence-electron chi connectivity index (χ0n) is 14.7. The highest BCUT2D eigenvalue weighted by Crippen LogP contribution is 2.29. The number of thiazole rings is 1. The quantitative estimate of drug-likeness (QED) is 0.874. The van der Waals surface area contributed by atoms with Gasteiger partial charge in [0.05, 0.1) is 30.9 Å². The Balaban J connectivity index is 1.53. The molecule has 1 N–H and O–H groups in total. The third-order valence-corrected chi connectivity index (χ3v) is 5.97. The Labute approximate surface area is 148 Å². The monoisotopic (exact) mass is 352 g/mol. The van der Waals surface area contributed by atoms with Crippen LogP contribution in [0.5, 0.6) is 0 Å². The molecule has 2 aliphatic heterocycles. The van der Waals surface area contributed by atoms with Crippen molar-refractivity contribution in [3.8, 4) is 0 Å². The fourth-order valence-corrected chi connectivity index (χ4v) is 4.34. The lowest BCUT2D eigenvalue weighted by Crippen LogP contribution is -2.50. The van der Waals surface area contributed by atoms with Crippen molar-refractivity contribution < 1.29 is 9.53 Å². The van der Waals surface area contributed by atoms with Gasteiger partial charge < -0.3 is 19.9 Å². The maximum absolute atomic E-state index is 12.7. The van der Waals surface area contributed by atoms with Gasteiger partial charge >= 0.3 is 0 Å². The van der Waals surface area contributed by atoms with Gasteiger partial charge in [0.25, 0.3) is 0 Å². The van der Waals surface area contributed by atoms with Crippen LogP contribution in [-0.2, 0) is 16.1 Å². The van der Waals surface area contributed by atoms with Crippen molar-refractivity contribution in [1.29, 1.82) is 0 Å². The highest BCUT2D eigenvalue weighted by molar-refractivity contribution is 7.13. The van der Waals surface area contributed by atoms with Gasteiger partial charge in [0.15, 0.2) is 5.13 Å². The van der Waals surface area contributed by atoms with Crippen LogP contribution >= 0.6 is 11.3 Å². The molecule has 24 heavy (non-hydrogen) atoms. The molecule has 2 fully saturated rings. The van der Waals surface area contributed by atoms with Gasteiger partial charge in [-0.1, -0.05) is 6.92 Å². The summed E-state index contributed by atoms with van der Waals surface area (Å²) in [4.78, 5) is 22.0. The van der Waals surface area contributed by atoms with Gasteiger partial charge in [-0.15, -0.1) is 11.3 Å². The van der Waals surface area contributed by atoms with E-state index in [0.717, 1.165) is 69.6 Å². The molecule has 2 aliphatic rings. The molecule has 1 aromatic heterocycles. The van der Waals surface area contributed by atoms with E-state index in [0.29, 0.717) is 6.54 Å². The van der Waals surface area contributed by atoms with Gasteiger partial charge in [0.1, 0.15) is 0 Å². The Morgan fingerprint density at radius 1 is 1.42 bits per heavy atom. The molecule has 0 spiro atoms. The molecule has 0 bridgehead atoms. The molecule has 0 aromatic carbocycles. The number of carbonyl (C=O) groups excluding carboxylic acids is 1. The summed E-state index contributed by atoms with van der Waals surface area (Å²) in [5.74, 6) is 0.154. The van der Waals surface area contributed by atoms with Crippen molar-refractivity contribution >= 4 is 22.4 Å². The lowest BCUT2D eigenvalue weighted by molar-refractivity contribution is -0.133. The first-order chi connectivity index (χ1) is 11.6. The molecule has 0 unspecified atom stereocenters. The Hall–Kier alpha value is -1.18. The Bertz CT molecular complexity index is 559. The minimum atomic E-state index is -0.280. The topological polar surface area (TPSA) is 57.7 Å². The number of aromatic nitrogens is 1. The molecule has 3 rings (SSSR count). The second-order valence-corrected chi connectivity index (χ2v) is 7.77. The molecule has 6 nitrogen and oxygen atoms in total. The van der Waals surface area contributed by atoms with Gasteiger partial charge in [-0.3, -0.25) is 4.79 Å². The molecular formula is C17H28N4O2S. The average molecular weight is 353 g/mol. The summed E-state index contributed by atoms with van der Waals surface area (Å²) in [6.45, 7) is 11.0. The maximum Gasteiger partial charge on any atom is 0.227 e. The second-order valence-electron chi connectivity index (χ2n) is 6.94. The van der Waals surface area contributed by atoms with E-state index in [1.807, 2.05) is 5.38 Å². The molecule has 1 amide bonds. The predicted molar refractivity (Wildman–Crippen MR) is 96.4 cm³/mol. The summed E-state index contributed by atoms with van der Waals surface area (Å²) in [7, 11) is 0. The van der Waals surface area contributed by atoms with Crippen LogP contribution < -0.4 is 10.2 Å². The van der Waals surface area contributed by atoms with Gasteiger partial charge in [0, 0.05) is 25.0 Å². The third kappa shape index (κ3) is 4.07. The van der Waals surface area contributed by atoms with E-state index < -0.39 is 0 Å². The summed E-state index contributed by atoms with van der Waals surface area (Å²) < 4.78 is 5.38. The molecule has 3 heterocycles. The molecule has 2 saturated heterocycles. The summed E-state index contributed by atoms with van der Waals surface area (Å²) in [6, 6.07) is 0. The number of amides is 1. The Kier molecular flexibility index (Phi) is 5.73. The van der Waals surface area contributed by atoms with Crippen LogP contribution in [0.3, 0.4) is 0 Å². The number of anilines is 1. The number of likely N-dealkylation sites (tertiary alicyclic amines) is 1. The van der Waals surface area contributed by atoms with Crippen LogP contribution in [0.2, 0.25) is 0 Å². The van der Waals surface area contributed by atoms with Crippen LogP contribution in [0.4, 0.5) is 5.13 Å². The van der Waals surface area contributed by atoms with Crippen LogP contribution in [0.15, 0.2) is 5.38 Å². The van der Waals surface area contributed by atoms with Crippen molar-refractivity contribution in [1.82, 2.24) is 15.2 Å². The largest absolute Gasteiger partial charge is 0.378 e. The number of nitrogens with zero attached hydrogens (tertiary/aromatic N) is 3. The van der Waals surface area contributed by atoms with E-state index in [-0.39, 0.29) is 11.3 Å². The molecule has 1 aromatic rings. The first-order valence-electron chi connectivity index (χ1n) is 8.88. The summed E-state index contributed by atoms with van der Waals surface area (Å²) in [5, 5.41) is 6.18. The van der Waals surface area contributed by atoms with Gasteiger partial charge in [0.2, 0.25) is 5.91 Å². The van der Waals surface area contributed by atoms with Crippen LogP contribution in [0, 0.1) is 5.41 Å². The molecule has 0 radical (unpaired) electrons. The van der Waals surface area contributed by atoms with Crippen LogP contribution in [0.25, 0.3) is 0 Å². The van der Waals surface area contributed by atoms with Crippen LogP contribution in [0.1, 0.15) is 32.4 Å². The third-order valence-electron chi connectivity index (χ3n) is 5.02. The number of ether oxygens (including phenoxy) is 1. The average Bonchev–Trinajstić information content (AvgIpc) is 3.09. The standard InChI is InChI=1S/C17H28N4O2S/c1-3-20-6-4-5-17(2,13-20)15(22)18-11-14-12-24-16(19-14)21-7-9-23-10-8-21/h12H,3-11,13H2,1-2H3,(H,18,22)/t17-/m0/s1. The number of rotatable bonds is 5. The lowest BCUT2D eigenvalue weighted by Gasteiger charge is -2.38. The van der Waals surface area contributed by atoms with E-state index in [9.17, 15) is 4.79 Å². The first kappa shape index (κ1) is 17.6. The maximum atomic E-state index is 12.7. The normalized spacial score (nSPS) is 25.7. The smallest absolute Gasteiger partial charge is 0.227 e. The molecule has 7 heteroatoms. The Morgan fingerprint density at radius 3 is 2.96 bits per heavy atom. The fourth-order valence-electron chi connectivity index (χ4n) is 3.46. The number of piperidine rings is 1. The number of hydrogen-bond acceptors (Lipinski definition) is 6. The Morgan fingerprint density at radius 2 is 2.21 bits per heavy atom. The zero-order chi connectivity index (χ0) is 17.0. The molecule has 1 atom stereocenters. The van der Waals surface area contributed by atoms with Crippen molar-refractivity contribution in [3.63, 3.8) is 0 Å². The SMILES string of the molecule is CCN1CCC[C@](C)(C(=O)NCc2csc(N3CCOCC3)n2)C1. The molecule has 134 valence electrons. The van der Waals surface area contributed by atoms with Gasteiger partial charge in [-0.25, -0.2) is 4.98 Å². The van der Waals surface area contributed by atoms with E-state index in [1.165, 1.54) is 0 Å². The minimum absolute atomic E-state index is 0.154. The minimum Gasteiger partial charge on any atom is -0.378 e. The summed E-state index contributed by atoms with van der Waals surface area (Å²) in [6.07, 6.45) is 2.06. The number of carbonyl (C=O) groups is 1. The molecule has 0 aliphatic carbocycles. The lowest BCUT2D eigenvalue weighted by atomic mass is 9.81. The van der Waals surface area contributed by atoms with E-state index in [4.69, 9.17) is 4.74 Å². The molecular weight excluding hydrogens is 324 g/mol. The van der Waals surface area contributed by atoms with Crippen molar-refractivity contribution in [3.05, 3.63) is 11.1 Å². The fraction of sp³-hybridized carbons (Fsp3) is 0.765. The van der Waals surface area contributed by atoms with E-state index in [1.54, 1.807) is 11.3 Å². The van der Waals surface area contributed by atoms with Crippen molar-refractivity contribution in [2.45, 2.75) is 33.2 Å². The zero-order valence-corrected chi connectivity index (χ0v) is 15.5. The number of hydrogen-bond donors (Lipinski definition) is 1. The number of morpholine rings is 1. The highest BCUT2D eigenvalue weighted by atomic mass is 32.1. The van der Waals surface area contributed by atoms with E-state index >= 15 is 0 Å². The van der Waals surface area contributed by atoms with Gasteiger partial charge in [-0.2, -0.15) is 0 Å². The summed E-state index contributed by atoms with van der Waals surface area (Å²) in [5.41, 5.74) is 0.665. The highest BCUT2D eigenvalue weighted by Gasteiger charge is 2.37. The van der Waals surface area contributed by atoms with Gasteiger partial charge in [-0.05, 0) is 32.9 Å². The van der Waals surface area contributed by atoms with E-state index in [2.05, 4.69) is 33.9 Å². The second kappa shape index (κ2) is 7.80. The predicted octanol–water partition coefficient (Wildman–Crippen LogP) is 1.72. The molecule has 0 saturated carbocycles. The number of nitrogens with one attached hydrogen (secondary N) is 1. The summed E-state index contributed by atoms with van der Waals surface area (Å²) >= 11 is 1.65. The first-order valence-corrected chi connectivity index (χ1v) is 9.76. The van der Waals surface area contributed by atoms with Crippen LogP contribution in [-0.4, -0.2) is 61.7 Å².